The van der Waals surface area contributed by atoms with Crippen molar-refractivity contribution >= 4 is 16.9 Å². The number of nitrogens with zero attached hydrogens (tertiary/aromatic N) is 4. The smallest absolute Gasteiger partial charge is 0.266 e. The first-order chi connectivity index (χ1) is 15.6. The number of anilines is 1. The average Bonchev–Trinajstić information content (AvgIpc) is 2.78. The number of pyridine rings is 1. The zero-order valence-electron chi connectivity index (χ0n) is 19.2. The molecule has 176 valence electrons. The van der Waals surface area contributed by atoms with Crippen LogP contribution in [-0.2, 0) is 12.5 Å². The van der Waals surface area contributed by atoms with Crippen LogP contribution in [0.2, 0.25) is 0 Å². The van der Waals surface area contributed by atoms with E-state index in [1.165, 1.54) is 23.0 Å². The molecule has 9 heteroatoms. The molecule has 2 aromatic heterocycles. The molecule has 33 heavy (non-hydrogen) atoms. The lowest BCUT2D eigenvalue weighted by molar-refractivity contribution is 0.146. The molecule has 0 saturated carbocycles. The maximum absolute atomic E-state index is 14.7. The largest absolute Gasteiger partial charge is 0.363 e. The van der Waals surface area contributed by atoms with Crippen molar-refractivity contribution < 1.29 is 13.2 Å². The number of fused-ring (bicyclic) bond motifs is 1. The van der Waals surface area contributed by atoms with E-state index in [9.17, 15) is 18.0 Å². The van der Waals surface area contributed by atoms with E-state index in [0.717, 1.165) is 32.0 Å². The van der Waals surface area contributed by atoms with Gasteiger partial charge in [0.1, 0.15) is 23.6 Å². The SMILES string of the molecule is C[C@@H](Nc1ncnc2c1cc(C1(C)CCN(C)CC1)c(=O)n2C)c1cccc(C(F)F)c1F. The molecule has 1 N–H and O–H groups in total. The molecule has 1 saturated heterocycles. The van der Waals surface area contributed by atoms with Gasteiger partial charge < -0.3 is 10.2 Å². The summed E-state index contributed by atoms with van der Waals surface area (Å²) in [6.45, 7) is 5.58. The minimum Gasteiger partial charge on any atom is -0.363 e. The van der Waals surface area contributed by atoms with Gasteiger partial charge in [0.15, 0.2) is 0 Å². The Bertz CT molecular complexity index is 1230. The monoisotopic (exact) mass is 459 g/mol. The van der Waals surface area contributed by atoms with Gasteiger partial charge in [0.05, 0.1) is 17.0 Å². The molecule has 0 spiro atoms. The predicted octanol–water partition coefficient (Wildman–Crippen LogP) is 4.56. The van der Waals surface area contributed by atoms with Gasteiger partial charge in [-0.3, -0.25) is 9.36 Å². The number of hydrogen-bond acceptors (Lipinski definition) is 5. The first kappa shape index (κ1) is 23.2. The van der Waals surface area contributed by atoms with Gasteiger partial charge >= 0.3 is 0 Å². The molecule has 3 aromatic rings. The van der Waals surface area contributed by atoms with Crippen LogP contribution in [-0.4, -0.2) is 39.6 Å². The Labute approximate surface area is 190 Å². The van der Waals surface area contributed by atoms with Crippen molar-refractivity contribution in [2.45, 2.75) is 44.6 Å². The lowest BCUT2D eigenvalue weighted by atomic mass is 9.75. The van der Waals surface area contributed by atoms with Crippen LogP contribution in [0, 0.1) is 5.82 Å². The van der Waals surface area contributed by atoms with E-state index >= 15 is 0 Å². The summed E-state index contributed by atoms with van der Waals surface area (Å²) in [5, 5.41) is 3.78. The van der Waals surface area contributed by atoms with E-state index in [2.05, 4.69) is 34.2 Å². The summed E-state index contributed by atoms with van der Waals surface area (Å²) in [6, 6.07) is 5.17. The van der Waals surface area contributed by atoms with E-state index in [4.69, 9.17) is 0 Å². The Morgan fingerprint density at radius 2 is 1.79 bits per heavy atom. The van der Waals surface area contributed by atoms with Gasteiger partial charge in [0.25, 0.3) is 12.0 Å². The molecule has 0 aliphatic carbocycles. The molecule has 0 radical (unpaired) electrons. The van der Waals surface area contributed by atoms with Crippen LogP contribution in [0.4, 0.5) is 19.0 Å². The Morgan fingerprint density at radius 1 is 1.12 bits per heavy atom. The van der Waals surface area contributed by atoms with Crippen LogP contribution in [0.3, 0.4) is 0 Å². The minimum absolute atomic E-state index is 0.0945. The number of halogens is 3. The molecule has 3 heterocycles. The highest BCUT2D eigenvalue weighted by molar-refractivity contribution is 5.87. The lowest BCUT2D eigenvalue weighted by Gasteiger charge is -2.38. The van der Waals surface area contributed by atoms with Crippen LogP contribution in [0.1, 0.15) is 55.8 Å². The zero-order chi connectivity index (χ0) is 23.9. The number of hydrogen-bond donors (Lipinski definition) is 1. The van der Waals surface area contributed by atoms with Crippen LogP contribution < -0.4 is 10.9 Å². The van der Waals surface area contributed by atoms with E-state index in [-0.39, 0.29) is 16.5 Å². The third kappa shape index (κ3) is 4.21. The summed E-state index contributed by atoms with van der Waals surface area (Å²) in [6.07, 6.45) is 0.134. The van der Waals surface area contributed by atoms with Crippen molar-refractivity contribution in [3.05, 3.63) is 63.5 Å². The van der Waals surface area contributed by atoms with E-state index in [0.29, 0.717) is 22.4 Å². The number of aryl methyl sites for hydroxylation is 1. The first-order valence-corrected chi connectivity index (χ1v) is 11.0. The Morgan fingerprint density at radius 3 is 2.45 bits per heavy atom. The number of aromatic nitrogens is 3. The van der Waals surface area contributed by atoms with Gasteiger partial charge in [-0.2, -0.15) is 0 Å². The van der Waals surface area contributed by atoms with Crippen LogP contribution >= 0.6 is 0 Å². The van der Waals surface area contributed by atoms with Crippen molar-refractivity contribution in [1.29, 1.82) is 0 Å². The molecule has 0 bridgehead atoms. The van der Waals surface area contributed by atoms with E-state index < -0.39 is 23.8 Å². The average molecular weight is 460 g/mol. The summed E-state index contributed by atoms with van der Waals surface area (Å²) < 4.78 is 42.5. The lowest BCUT2D eigenvalue weighted by Crippen LogP contribution is -2.42. The first-order valence-electron chi connectivity index (χ1n) is 11.0. The molecule has 1 aliphatic heterocycles. The fourth-order valence-electron chi connectivity index (χ4n) is 4.55. The zero-order valence-corrected chi connectivity index (χ0v) is 19.2. The molecule has 1 atom stereocenters. The number of rotatable bonds is 5. The molecule has 4 rings (SSSR count). The Kier molecular flexibility index (Phi) is 6.18. The maximum atomic E-state index is 14.7. The minimum atomic E-state index is -2.90. The summed E-state index contributed by atoms with van der Waals surface area (Å²) in [4.78, 5) is 24.1. The highest BCUT2D eigenvalue weighted by atomic mass is 19.3. The quantitative estimate of drug-likeness (QED) is 0.606. The van der Waals surface area contributed by atoms with Crippen molar-refractivity contribution in [3.8, 4) is 0 Å². The topological polar surface area (TPSA) is 63.1 Å². The van der Waals surface area contributed by atoms with Crippen molar-refractivity contribution in [3.63, 3.8) is 0 Å². The third-order valence-electron chi connectivity index (χ3n) is 6.86. The highest BCUT2D eigenvalue weighted by Crippen LogP contribution is 2.35. The number of likely N-dealkylation sites (tertiary alicyclic amines) is 1. The van der Waals surface area contributed by atoms with Gasteiger partial charge in [0.2, 0.25) is 0 Å². The standard InChI is InChI=1S/C24H28F3N5O/c1-14(15-6-5-7-16(19(15)25)20(26)27)30-21-17-12-18(24(2)8-10-31(3)11-9-24)23(33)32(4)22(17)29-13-28-21/h5-7,12-14,20H,8-11H2,1-4H3,(H,28,29,30)/t14-/m1/s1. The Hall–Kier alpha value is -2.94. The molecule has 1 aromatic carbocycles. The van der Waals surface area contributed by atoms with Gasteiger partial charge in [-0.1, -0.05) is 25.1 Å². The normalized spacial score (nSPS) is 17.5. The van der Waals surface area contributed by atoms with E-state index in [1.54, 1.807) is 14.0 Å². The molecule has 0 unspecified atom stereocenters. The van der Waals surface area contributed by atoms with Gasteiger partial charge in [0, 0.05) is 23.6 Å². The molecular weight excluding hydrogens is 431 g/mol. The van der Waals surface area contributed by atoms with Crippen LogP contribution in [0.5, 0.6) is 0 Å². The van der Waals surface area contributed by atoms with Crippen molar-refractivity contribution in [1.82, 2.24) is 19.4 Å². The molecule has 6 nitrogen and oxygen atoms in total. The van der Waals surface area contributed by atoms with Crippen molar-refractivity contribution in [2.75, 3.05) is 25.5 Å². The second-order valence-electron chi connectivity index (χ2n) is 9.16. The number of piperidine rings is 1. The fourth-order valence-corrected chi connectivity index (χ4v) is 4.55. The molecule has 0 amide bonds. The van der Waals surface area contributed by atoms with E-state index in [1.807, 2.05) is 6.07 Å². The Balaban J connectivity index is 1.77. The summed E-state index contributed by atoms with van der Waals surface area (Å²) >= 11 is 0. The highest BCUT2D eigenvalue weighted by Gasteiger charge is 2.34. The van der Waals surface area contributed by atoms with Crippen LogP contribution in [0.25, 0.3) is 11.0 Å². The van der Waals surface area contributed by atoms with Gasteiger partial charge in [-0.05, 0) is 46.0 Å². The fraction of sp³-hybridized carbons (Fsp3) is 0.458. The van der Waals surface area contributed by atoms with Gasteiger partial charge in [-0.25, -0.2) is 23.1 Å². The summed E-state index contributed by atoms with van der Waals surface area (Å²) in [5.41, 5.74) is 0.253. The number of alkyl halides is 2. The maximum Gasteiger partial charge on any atom is 0.266 e. The van der Waals surface area contributed by atoms with Crippen molar-refractivity contribution in [2.24, 2.45) is 7.05 Å². The summed E-state index contributed by atoms with van der Waals surface area (Å²) in [5.74, 6) is -0.513. The molecule has 1 aliphatic rings. The third-order valence-corrected chi connectivity index (χ3v) is 6.86. The number of benzene rings is 1. The summed E-state index contributed by atoms with van der Waals surface area (Å²) in [7, 11) is 3.75. The second kappa shape index (κ2) is 8.78. The predicted molar refractivity (Wildman–Crippen MR) is 122 cm³/mol. The molecule has 1 fully saturated rings. The molecular formula is C24H28F3N5O. The number of nitrogens with one attached hydrogen (secondary N) is 1. The second-order valence-corrected chi connectivity index (χ2v) is 9.16. The van der Waals surface area contributed by atoms with Gasteiger partial charge in [-0.15, -0.1) is 0 Å². The van der Waals surface area contributed by atoms with Crippen LogP contribution in [0.15, 0.2) is 35.4 Å².